The largest absolute Gasteiger partial charge is 0.329 e. The number of carbonyl (C=O) groups excluding carboxylic acids is 1. The van der Waals surface area contributed by atoms with Gasteiger partial charge in [0.05, 0.1) is 5.41 Å². The van der Waals surface area contributed by atoms with Gasteiger partial charge in [0, 0.05) is 12.6 Å². The van der Waals surface area contributed by atoms with E-state index in [1.807, 2.05) is 0 Å². The zero-order chi connectivity index (χ0) is 11.6. The summed E-state index contributed by atoms with van der Waals surface area (Å²) in [6.45, 7) is 0.373. The van der Waals surface area contributed by atoms with Crippen molar-refractivity contribution in [3.8, 4) is 0 Å². The quantitative estimate of drug-likeness (QED) is 0.778. The third-order valence-corrected chi connectivity index (χ3v) is 3.27. The first-order chi connectivity index (χ1) is 7.66. The minimum atomic E-state index is -0.405. The number of hydrogen-bond acceptors (Lipinski definition) is 4. The predicted molar refractivity (Wildman–Crippen MR) is 61.0 cm³/mol. The lowest BCUT2D eigenvalue weighted by Crippen LogP contribution is -2.47. The first-order valence-electron chi connectivity index (χ1n) is 5.15. The molecule has 1 aliphatic rings. The van der Waals surface area contributed by atoms with E-state index >= 15 is 0 Å². The lowest BCUT2D eigenvalue weighted by atomic mass is 9.68. The first kappa shape index (κ1) is 11.3. The molecule has 2 rings (SSSR count). The Morgan fingerprint density at radius 1 is 1.56 bits per heavy atom. The van der Waals surface area contributed by atoms with Gasteiger partial charge in [0.15, 0.2) is 0 Å². The van der Waals surface area contributed by atoms with Crippen LogP contribution in [0.4, 0.5) is 5.82 Å². The predicted octanol–water partition coefficient (Wildman–Crippen LogP) is 1.20. The summed E-state index contributed by atoms with van der Waals surface area (Å²) >= 11 is 5.70. The molecular weight excluding hydrogens is 228 g/mol. The summed E-state index contributed by atoms with van der Waals surface area (Å²) in [5.74, 6) is 0.348. The summed E-state index contributed by atoms with van der Waals surface area (Å²) < 4.78 is 0. The maximum Gasteiger partial charge on any atom is 0.233 e. The van der Waals surface area contributed by atoms with Crippen molar-refractivity contribution >= 4 is 23.3 Å². The van der Waals surface area contributed by atoms with Gasteiger partial charge in [0.1, 0.15) is 17.3 Å². The minimum absolute atomic E-state index is 0.0731. The van der Waals surface area contributed by atoms with Crippen molar-refractivity contribution in [3.05, 3.63) is 17.5 Å². The third kappa shape index (κ3) is 2.01. The van der Waals surface area contributed by atoms with Crippen molar-refractivity contribution in [2.75, 3.05) is 11.9 Å². The molecule has 0 aliphatic heterocycles. The van der Waals surface area contributed by atoms with Gasteiger partial charge in [-0.25, -0.2) is 9.97 Å². The van der Waals surface area contributed by atoms with Crippen molar-refractivity contribution in [2.45, 2.75) is 19.3 Å². The summed E-state index contributed by atoms with van der Waals surface area (Å²) in [7, 11) is 0. The van der Waals surface area contributed by atoms with Gasteiger partial charge >= 0.3 is 0 Å². The topological polar surface area (TPSA) is 80.9 Å². The maximum atomic E-state index is 12.0. The van der Waals surface area contributed by atoms with Gasteiger partial charge in [-0.2, -0.15) is 0 Å². The molecule has 1 amide bonds. The number of rotatable bonds is 3. The Labute approximate surface area is 98.4 Å². The number of nitrogens with two attached hydrogens (primary N) is 1. The van der Waals surface area contributed by atoms with Crippen LogP contribution in [-0.4, -0.2) is 22.4 Å². The molecule has 1 heterocycles. The lowest BCUT2D eigenvalue weighted by molar-refractivity contribution is -0.129. The van der Waals surface area contributed by atoms with Crippen LogP contribution in [0.3, 0.4) is 0 Å². The van der Waals surface area contributed by atoms with Crippen LogP contribution >= 0.6 is 11.6 Å². The number of hydrogen-bond donors (Lipinski definition) is 2. The molecular formula is C10H13ClN4O. The standard InChI is InChI=1S/C10H13ClN4O/c11-7-4-8(14-6-13-7)15-9(16)10(5-12)2-1-3-10/h4,6H,1-3,5,12H2,(H,13,14,15,16). The summed E-state index contributed by atoms with van der Waals surface area (Å²) in [5, 5.41) is 3.03. The Morgan fingerprint density at radius 2 is 2.31 bits per heavy atom. The Hall–Kier alpha value is -1.20. The summed E-state index contributed by atoms with van der Waals surface area (Å²) in [4.78, 5) is 19.6. The highest BCUT2D eigenvalue weighted by molar-refractivity contribution is 6.29. The van der Waals surface area contributed by atoms with E-state index in [1.54, 1.807) is 0 Å². The Kier molecular flexibility index (Phi) is 3.07. The molecule has 16 heavy (non-hydrogen) atoms. The second-order valence-corrected chi connectivity index (χ2v) is 4.41. The van der Waals surface area contributed by atoms with E-state index in [4.69, 9.17) is 17.3 Å². The Morgan fingerprint density at radius 3 is 2.81 bits per heavy atom. The van der Waals surface area contributed by atoms with Gasteiger partial charge in [-0.1, -0.05) is 18.0 Å². The molecule has 0 spiro atoms. The molecule has 1 aliphatic carbocycles. The average Bonchev–Trinajstić information content (AvgIpc) is 2.16. The first-order valence-corrected chi connectivity index (χ1v) is 5.53. The monoisotopic (exact) mass is 240 g/mol. The van der Waals surface area contributed by atoms with Crippen molar-refractivity contribution in [2.24, 2.45) is 11.1 Å². The number of nitrogens with zero attached hydrogens (tertiary/aromatic N) is 2. The molecule has 0 saturated heterocycles. The second-order valence-electron chi connectivity index (χ2n) is 4.02. The number of anilines is 1. The Bertz CT molecular complexity index is 400. The van der Waals surface area contributed by atoms with Crippen molar-refractivity contribution < 1.29 is 4.79 Å². The molecule has 0 bridgehead atoms. The molecule has 3 N–H and O–H groups in total. The summed E-state index contributed by atoms with van der Waals surface area (Å²) in [6.07, 6.45) is 4.05. The van der Waals surface area contributed by atoms with Crippen LogP contribution in [0.2, 0.25) is 5.15 Å². The third-order valence-electron chi connectivity index (χ3n) is 3.06. The smallest absolute Gasteiger partial charge is 0.233 e. The molecule has 0 unspecified atom stereocenters. The zero-order valence-corrected chi connectivity index (χ0v) is 9.50. The van der Waals surface area contributed by atoms with E-state index in [1.165, 1.54) is 12.4 Å². The van der Waals surface area contributed by atoms with Crippen LogP contribution in [0.25, 0.3) is 0 Å². The Balaban J connectivity index is 2.07. The van der Waals surface area contributed by atoms with Crippen LogP contribution in [0, 0.1) is 5.41 Å². The van der Waals surface area contributed by atoms with Crippen LogP contribution in [0.15, 0.2) is 12.4 Å². The number of nitrogens with one attached hydrogen (secondary N) is 1. The van der Waals surface area contributed by atoms with Gasteiger partial charge in [-0.05, 0) is 12.8 Å². The van der Waals surface area contributed by atoms with Crippen LogP contribution < -0.4 is 11.1 Å². The fraction of sp³-hybridized carbons (Fsp3) is 0.500. The highest BCUT2D eigenvalue weighted by atomic mass is 35.5. The number of aromatic nitrogens is 2. The van der Waals surface area contributed by atoms with E-state index in [9.17, 15) is 4.79 Å². The molecule has 0 atom stereocenters. The van der Waals surface area contributed by atoms with Crippen LogP contribution in [0.1, 0.15) is 19.3 Å². The van der Waals surface area contributed by atoms with Gasteiger partial charge in [0.2, 0.25) is 5.91 Å². The van der Waals surface area contributed by atoms with Crippen molar-refractivity contribution in [1.82, 2.24) is 9.97 Å². The van der Waals surface area contributed by atoms with Gasteiger partial charge in [-0.3, -0.25) is 4.79 Å². The fourth-order valence-electron chi connectivity index (χ4n) is 1.78. The second kappa shape index (κ2) is 4.35. The van der Waals surface area contributed by atoms with E-state index in [0.29, 0.717) is 17.5 Å². The number of carbonyl (C=O) groups is 1. The van der Waals surface area contributed by atoms with Crippen LogP contribution in [0.5, 0.6) is 0 Å². The molecule has 0 aromatic carbocycles. The minimum Gasteiger partial charge on any atom is -0.329 e. The zero-order valence-electron chi connectivity index (χ0n) is 8.74. The normalized spacial score (nSPS) is 17.6. The van der Waals surface area contributed by atoms with E-state index in [-0.39, 0.29) is 5.91 Å². The molecule has 5 nitrogen and oxygen atoms in total. The van der Waals surface area contributed by atoms with Crippen molar-refractivity contribution in [3.63, 3.8) is 0 Å². The number of halogens is 1. The van der Waals surface area contributed by atoms with E-state index < -0.39 is 5.41 Å². The summed E-state index contributed by atoms with van der Waals surface area (Å²) in [5.41, 5.74) is 5.23. The van der Waals surface area contributed by atoms with E-state index in [2.05, 4.69) is 15.3 Å². The molecule has 6 heteroatoms. The highest BCUT2D eigenvalue weighted by Gasteiger charge is 2.42. The fourth-order valence-corrected chi connectivity index (χ4v) is 1.93. The molecule has 1 fully saturated rings. The molecule has 86 valence electrons. The average molecular weight is 241 g/mol. The molecule has 1 aromatic rings. The number of amides is 1. The van der Waals surface area contributed by atoms with Crippen molar-refractivity contribution in [1.29, 1.82) is 0 Å². The highest BCUT2D eigenvalue weighted by Crippen LogP contribution is 2.40. The maximum absolute atomic E-state index is 12.0. The van der Waals surface area contributed by atoms with Gasteiger partial charge < -0.3 is 11.1 Å². The molecule has 1 saturated carbocycles. The summed E-state index contributed by atoms with van der Waals surface area (Å²) in [6, 6.07) is 1.52. The SMILES string of the molecule is NCC1(C(=O)Nc2cc(Cl)ncn2)CCC1. The lowest BCUT2D eigenvalue weighted by Gasteiger charge is -2.38. The van der Waals surface area contributed by atoms with Gasteiger partial charge in [0.25, 0.3) is 0 Å². The van der Waals surface area contributed by atoms with Gasteiger partial charge in [-0.15, -0.1) is 0 Å². The molecule has 1 aromatic heterocycles. The molecule has 0 radical (unpaired) electrons. The van der Waals surface area contributed by atoms with E-state index in [0.717, 1.165) is 19.3 Å². The van der Waals surface area contributed by atoms with Crippen LogP contribution in [-0.2, 0) is 4.79 Å².